The quantitative estimate of drug-likeness (QED) is 0.675. The van der Waals surface area contributed by atoms with Crippen molar-refractivity contribution in [2.45, 2.75) is 39.3 Å². The number of rotatable bonds is 5. The molecule has 5 rings (SSSR count). The molecule has 1 aromatic heterocycles. The van der Waals surface area contributed by atoms with Crippen LogP contribution in [0.1, 0.15) is 36.5 Å². The van der Waals surface area contributed by atoms with E-state index in [0.29, 0.717) is 12.3 Å². The monoisotopic (exact) mass is 394 g/mol. The van der Waals surface area contributed by atoms with Gasteiger partial charge in [-0.05, 0) is 48.7 Å². The molecule has 6 nitrogen and oxygen atoms in total. The van der Waals surface area contributed by atoms with E-state index < -0.39 is 0 Å². The fraction of sp³-hybridized carbons (Fsp3) is 0.348. The molecule has 3 aromatic rings. The Morgan fingerprint density at radius 2 is 1.86 bits per heavy atom. The zero-order valence-corrected chi connectivity index (χ0v) is 16.5. The number of aryl methyl sites for hydroxylation is 1. The topological polar surface area (TPSA) is 62.3 Å². The highest BCUT2D eigenvalue weighted by molar-refractivity contribution is 5.85. The predicted molar refractivity (Wildman–Crippen MR) is 108 cm³/mol. The van der Waals surface area contributed by atoms with Crippen LogP contribution in [0.4, 0.5) is 0 Å². The normalized spacial score (nSPS) is 17.2. The summed E-state index contributed by atoms with van der Waals surface area (Å²) < 4.78 is 22.6. The summed E-state index contributed by atoms with van der Waals surface area (Å²) in [5.74, 6) is 2.39. The summed E-state index contributed by atoms with van der Waals surface area (Å²) in [6.07, 6.45) is 3.02. The number of unbranched alkanes of at least 4 members (excludes halogenated alkanes) is 1. The van der Waals surface area contributed by atoms with Crippen LogP contribution in [0.15, 0.2) is 45.6 Å². The lowest BCUT2D eigenvalue weighted by atomic mass is 10.0. The lowest BCUT2D eigenvalue weighted by Gasteiger charge is -2.26. The average molecular weight is 394 g/mol. The molecule has 0 spiro atoms. The summed E-state index contributed by atoms with van der Waals surface area (Å²) in [5, 5.41) is 1.02. The van der Waals surface area contributed by atoms with Gasteiger partial charge in [0.1, 0.15) is 18.8 Å². The third-order valence-electron chi connectivity index (χ3n) is 5.61. The largest absolute Gasteiger partial charge is 0.454 e. The van der Waals surface area contributed by atoms with E-state index in [1.165, 1.54) is 4.90 Å². The van der Waals surface area contributed by atoms with E-state index in [9.17, 15) is 4.79 Å². The summed E-state index contributed by atoms with van der Waals surface area (Å²) in [5.41, 5.74) is 3.56. The van der Waals surface area contributed by atoms with Gasteiger partial charge in [-0.1, -0.05) is 13.3 Å². The number of hydrogen-bond acceptors (Lipinski definition) is 5. The number of nitrogens with one attached hydrogen (secondary N) is 1. The molecule has 2 aliphatic heterocycles. The van der Waals surface area contributed by atoms with E-state index in [0.717, 1.165) is 71.7 Å². The van der Waals surface area contributed by atoms with Gasteiger partial charge in [-0.3, -0.25) is 4.90 Å². The Kier molecular flexibility index (Phi) is 4.64. The average Bonchev–Trinajstić information content (AvgIpc) is 3.20. The maximum absolute atomic E-state index is 12.2. The molecule has 29 heavy (non-hydrogen) atoms. The molecule has 6 heteroatoms. The molecule has 0 radical (unpaired) electrons. The lowest BCUT2D eigenvalue weighted by Crippen LogP contribution is -3.10. The Morgan fingerprint density at radius 3 is 2.76 bits per heavy atom. The first-order valence-electron chi connectivity index (χ1n) is 10.1. The molecule has 2 aliphatic rings. The minimum Gasteiger partial charge on any atom is -0.454 e. The Labute approximate surface area is 168 Å². The van der Waals surface area contributed by atoms with Gasteiger partial charge in [-0.15, -0.1) is 0 Å². The molecule has 0 aliphatic carbocycles. The lowest BCUT2D eigenvalue weighted by molar-refractivity contribution is -0.945. The fourth-order valence-electron chi connectivity index (χ4n) is 4.14. The molecule has 1 unspecified atom stereocenters. The molecule has 3 heterocycles. The molecule has 0 saturated heterocycles. The van der Waals surface area contributed by atoms with Crippen molar-refractivity contribution in [2.24, 2.45) is 0 Å². The molecule has 0 amide bonds. The second-order valence-corrected chi connectivity index (χ2v) is 7.69. The van der Waals surface area contributed by atoms with Gasteiger partial charge in [0, 0.05) is 17.0 Å². The Hall–Kier alpha value is -2.99. The molecule has 1 N–H and O–H groups in total. The highest BCUT2D eigenvalue weighted by atomic mass is 16.7. The van der Waals surface area contributed by atoms with E-state index >= 15 is 0 Å². The van der Waals surface area contributed by atoms with Gasteiger partial charge in [0.2, 0.25) is 13.5 Å². The van der Waals surface area contributed by atoms with Gasteiger partial charge in [0.05, 0.1) is 5.56 Å². The van der Waals surface area contributed by atoms with Gasteiger partial charge in [-0.25, -0.2) is 4.79 Å². The van der Waals surface area contributed by atoms with Crippen molar-refractivity contribution in [1.29, 1.82) is 0 Å². The Morgan fingerprint density at radius 1 is 1.00 bits per heavy atom. The first kappa shape index (κ1) is 18.1. The third-order valence-corrected chi connectivity index (χ3v) is 5.61. The summed E-state index contributed by atoms with van der Waals surface area (Å²) in [6.45, 7) is 4.51. The molecule has 150 valence electrons. The van der Waals surface area contributed by atoms with Gasteiger partial charge in [0.15, 0.2) is 17.1 Å². The second kappa shape index (κ2) is 7.44. The van der Waals surface area contributed by atoms with E-state index in [1.807, 2.05) is 24.3 Å². The van der Waals surface area contributed by atoms with Crippen molar-refractivity contribution >= 4 is 11.0 Å². The number of fused-ring (bicyclic) bond motifs is 4. The predicted octanol–water partition coefficient (Wildman–Crippen LogP) is 2.80. The zero-order chi connectivity index (χ0) is 19.8. The minimum atomic E-state index is -0.292. The standard InChI is InChI=1S/C23H23NO5/c1-2-3-4-16-10-22(25)29-23-17(16)6-8-19-18(23)12-24(13-26-19)11-15-5-7-20-21(9-15)28-14-27-20/h5-10H,2-4,11-14H2,1H3/p+1. The highest BCUT2D eigenvalue weighted by Gasteiger charge is 2.26. The molecule has 0 fully saturated rings. The maximum Gasteiger partial charge on any atom is 0.336 e. The van der Waals surface area contributed by atoms with Crippen LogP contribution in [0.2, 0.25) is 0 Å². The zero-order valence-electron chi connectivity index (χ0n) is 16.5. The van der Waals surface area contributed by atoms with Crippen LogP contribution >= 0.6 is 0 Å². The molecule has 0 bridgehead atoms. The van der Waals surface area contributed by atoms with Crippen molar-refractivity contribution in [3.8, 4) is 17.2 Å². The Bertz CT molecular complexity index is 1120. The fourth-order valence-corrected chi connectivity index (χ4v) is 4.14. The summed E-state index contributed by atoms with van der Waals surface area (Å²) in [6, 6.07) is 11.7. The van der Waals surface area contributed by atoms with Gasteiger partial charge in [0.25, 0.3) is 0 Å². The van der Waals surface area contributed by atoms with Crippen molar-refractivity contribution in [1.82, 2.24) is 0 Å². The highest BCUT2D eigenvalue weighted by Crippen LogP contribution is 2.33. The van der Waals surface area contributed by atoms with Crippen LogP contribution in [0, 0.1) is 0 Å². The number of benzene rings is 2. The van der Waals surface area contributed by atoms with Crippen molar-refractivity contribution in [2.75, 3.05) is 13.5 Å². The molecule has 2 aromatic carbocycles. The first-order valence-corrected chi connectivity index (χ1v) is 10.1. The third kappa shape index (κ3) is 3.44. The van der Waals surface area contributed by atoms with E-state index in [-0.39, 0.29) is 12.4 Å². The van der Waals surface area contributed by atoms with Gasteiger partial charge < -0.3 is 18.6 Å². The van der Waals surface area contributed by atoms with Crippen LogP contribution in [0.5, 0.6) is 17.2 Å². The summed E-state index contributed by atoms with van der Waals surface area (Å²) in [4.78, 5) is 13.4. The van der Waals surface area contributed by atoms with Crippen LogP contribution < -0.4 is 24.7 Å². The summed E-state index contributed by atoms with van der Waals surface area (Å²) >= 11 is 0. The number of hydrogen-bond donors (Lipinski definition) is 1. The van der Waals surface area contributed by atoms with Crippen molar-refractivity contribution in [3.05, 3.63) is 63.5 Å². The van der Waals surface area contributed by atoms with Crippen LogP contribution in [0.3, 0.4) is 0 Å². The van der Waals surface area contributed by atoms with Gasteiger partial charge >= 0.3 is 5.63 Å². The SMILES string of the molecule is CCCCc1cc(=O)oc2c3c(ccc12)OC[NH+](Cc1ccc2c(c1)OCO2)C3. The van der Waals surface area contributed by atoms with Crippen molar-refractivity contribution in [3.63, 3.8) is 0 Å². The smallest absolute Gasteiger partial charge is 0.336 e. The molecular formula is C23H24NO5+. The number of quaternary nitrogens is 1. The Balaban J connectivity index is 1.45. The molecule has 0 saturated carbocycles. The van der Waals surface area contributed by atoms with Crippen LogP contribution in [0.25, 0.3) is 11.0 Å². The minimum absolute atomic E-state index is 0.275. The second-order valence-electron chi connectivity index (χ2n) is 7.69. The first-order chi connectivity index (χ1) is 14.2. The van der Waals surface area contributed by atoms with E-state index in [1.54, 1.807) is 6.07 Å². The number of ether oxygens (including phenoxy) is 3. The maximum atomic E-state index is 12.2. The van der Waals surface area contributed by atoms with E-state index in [2.05, 4.69) is 13.0 Å². The van der Waals surface area contributed by atoms with Crippen LogP contribution in [-0.2, 0) is 19.5 Å². The van der Waals surface area contributed by atoms with Gasteiger partial charge in [-0.2, -0.15) is 0 Å². The van der Waals surface area contributed by atoms with Crippen molar-refractivity contribution < 1.29 is 23.5 Å². The van der Waals surface area contributed by atoms with E-state index in [4.69, 9.17) is 18.6 Å². The molecule has 1 atom stereocenters. The summed E-state index contributed by atoms with van der Waals surface area (Å²) in [7, 11) is 0. The van der Waals surface area contributed by atoms with Crippen LogP contribution in [-0.4, -0.2) is 13.5 Å². The molecular weight excluding hydrogens is 370 g/mol.